The maximum atomic E-state index is 5.19. The molecule has 22 heavy (non-hydrogen) atoms. The highest BCUT2D eigenvalue weighted by atomic mass is 16.5. The van der Waals surface area contributed by atoms with Gasteiger partial charge in [0.25, 0.3) is 0 Å². The highest BCUT2D eigenvalue weighted by Gasteiger charge is 1.99. The minimum absolute atomic E-state index is 0.902. The van der Waals surface area contributed by atoms with E-state index in [1.165, 1.54) is 27.5 Å². The lowest BCUT2D eigenvalue weighted by Crippen LogP contribution is -1.86. The molecule has 1 heteroatoms. The van der Waals surface area contributed by atoms with Crippen molar-refractivity contribution in [1.82, 2.24) is 0 Å². The molecule has 110 valence electrons. The molecule has 0 heterocycles. The van der Waals surface area contributed by atoms with Gasteiger partial charge in [-0.2, -0.15) is 0 Å². The van der Waals surface area contributed by atoms with Crippen LogP contribution in [0.3, 0.4) is 0 Å². The lowest BCUT2D eigenvalue weighted by molar-refractivity contribution is 0.414. The molecule has 0 fully saturated rings. The second kappa shape index (κ2) is 6.48. The van der Waals surface area contributed by atoms with Crippen molar-refractivity contribution in [2.24, 2.45) is 0 Å². The van der Waals surface area contributed by atoms with Crippen molar-refractivity contribution in [1.29, 1.82) is 0 Å². The first-order valence-electron chi connectivity index (χ1n) is 7.55. The van der Waals surface area contributed by atoms with Crippen molar-refractivity contribution < 1.29 is 4.74 Å². The lowest BCUT2D eigenvalue weighted by Gasteiger charge is -2.05. The fourth-order valence-corrected chi connectivity index (χ4v) is 2.59. The number of rotatable bonds is 4. The Bertz CT molecular complexity index is 798. The van der Waals surface area contributed by atoms with E-state index in [4.69, 9.17) is 4.74 Å². The molecule has 0 bridgehead atoms. The van der Waals surface area contributed by atoms with Gasteiger partial charge in [-0.3, -0.25) is 0 Å². The molecular formula is C21H20O. The smallest absolute Gasteiger partial charge is 0.118 e. The van der Waals surface area contributed by atoms with Crippen molar-refractivity contribution in [2.75, 3.05) is 7.11 Å². The van der Waals surface area contributed by atoms with E-state index in [1.54, 1.807) is 7.11 Å². The highest BCUT2D eigenvalue weighted by Crippen LogP contribution is 2.21. The topological polar surface area (TPSA) is 9.23 Å². The van der Waals surface area contributed by atoms with Crippen LogP contribution in [0.15, 0.2) is 72.8 Å². The van der Waals surface area contributed by atoms with Crippen molar-refractivity contribution in [3.63, 3.8) is 0 Å². The average Bonchev–Trinajstić information content (AvgIpc) is 2.59. The van der Waals surface area contributed by atoms with E-state index in [0.29, 0.717) is 0 Å². The molecule has 0 aliphatic heterocycles. The van der Waals surface area contributed by atoms with Gasteiger partial charge < -0.3 is 4.74 Å². The second-order valence-corrected chi connectivity index (χ2v) is 5.50. The van der Waals surface area contributed by atoms with Gasteiger partial charge >= 0.3 is 0 Å². The molecule has 0 spiro atoms. The Hall–Kier alpha value is -2.54. The van der Waals surface area contributed by atoms with Gasteiger partial charge in [0, 0.05) is 0 Å². The minimum atomic E-state index is 0.902. The van der Waals surface area contributed by atoms with E-state index in [9.17, 15) is 0 Å². The van der Waals surface area contributed by atoms with Crippen LogP contribution in [0.1, 0.15) is 18.1 Å². The third-order valence-corrected chi connectivity index (χ3v) is 4.01. The molecular weight excluding hydrogens is 268 g/mol. The third-order valence-electron chi connectivity index (χ3n) is 4.01. The summed E-state index contributed by atoms with van der Waals surface area (Å²) in [6.07, 6.45) is 3.22. The van der Waals surface area contributed by atoms with Gasteiger partial charge in [-0.05, 0) is 59.0 Å². The third kappa shape index (κ3) is 3.20. The van der Waals surface area contributed by atoms with Crippen LogP contribution in [-0.2, 0) is 6.42 Å². The molecule has 0 saturated heterocycles. The van der Waals surface area contributed by atoms with Gasteiger partial charge in [-0.1, -0.05) is 54.6 Å². The van der Waals surface area contributed by atoms with E-state index < -0.39 is 0 Å². The molecule has 3 aromatic rings. The van der Waals surface area contributed by atoms with E-state index in [-0.39, 0.29) is 0 Å². The van der Waals surface area contributed by atoms with E-state index in [0.717, 1.165) is 12.2 Å². The number of allylic oxidation sites excluding steroid dienone is 2. The molecule has 0 amide bonds. The first-order chi connectivity index (χ1) is 10.8. The average molecular weight is 288 g/mol. The molecule has 0 atom stereocenters. The second-order valence-electron chi connectivity index (χ2n) is 5.50. The SMILES string of the molecule is COc1ccc(C/C=C(/C)c2ccc3ccccc3c2)cc1. The number of methoxy groups -OCH3 is 1. The Morgan fingerprint density at radius 1 is 0.909 bits per heavy atom. The summed E-state index contributed by atoms with van der Waals surface area (Å²) in [6, 6.07) is 23.4. The van der Waals surface area contributed by atoms with Gasteiger partial charge in [0.15, 0.2) is 0 Å². The first-order valence-corrected chi connectivity index (χ1v) is 7.55. The standard InChI is InChI=1S/C21H20O/c1-16(7-8-17-9-13-21(22-2)14-10-17)19-12-11-18-5-3-4-6-20(18)15-19/h3-7,9-15H,8H2,1-2H3/b16-7-. The van der Waals surface area contributed by atoms with Crippen molar-refractivity contribution >= 4 is 16.3 Å². The highest BCUT2D eigenvalue weighted by molar-refractivity contribution is 5.86. The van der Waals surface area contributed by atoms with Crippen LogP contribution in [0.25, 0.3) is 16.3 Å². The predicted octanol–water partition coefficient (Wildman–Crippen LogP) is 5.49. The van der Waals surface area contributed by atoms with Crippen LogP contribution in [0.5, 0.6) is 5.75 Å². The molecule has 0 aliphatic carbocycles. The molecule has 0 N–H and O–H groups in total. The quantitative estimate of drug-likeness (QED) is 0.616. The van der Waals surface area contributed by atoms with Gasteiger partial charge in [0.1, 0.15) is 5.75 Å². The fourth-order valence-electron chi connectivity index (χ4n) is 2.59. The fraction of sp³-hybridized carbons (Fsp3) is 0.143. The summed E-state index contributed by atoms with van der Waals surface area (Å²) in [5.74, 6) is 0.902. The first kappa shape index (κ1) is 14.4. The van der Waals surface area contributed by atoms with Crippen molar-refractivity contribution in [3.05, 3.63) is 83.9 Å². The van der Waals surface area contributed by atoms with Crippen LogP contribution in [0, 0.1) is 0 Å². The molecule has 1 nitrogen and oxygen atoms in total. The molecule has 0 unspecified atom stereocenters. The molecule has 0 aliphatic rings. The zero-order valence-corrected chi connectivity index (χ0v) is 13.0. The maximum Gasteiger partial charge on any atom is 0.118 e. The van der Waals surface area contributed by atoms with Crippen LogP contribution in [0.4, 0.5) is 0 Å². The molecule has 0 radical (unpaired) electrons. The molecule has 0 saturated carbocycles. The summed E-state index contributed by atoms with van der Waals surface area (Å²) in [4.78, 5) is 0. The Morgan fingerprint density at radius 2 is 1.64 bits per heavy atom. The van der Waals surface area contributed by atoms with E-state index >= 15 is 0 Å². The molecule has 3 rings (SSSR count). The summed E-state index contributed by atoms with van der Waals surface area (Å²) in [5.41, 5.74) is 3.88. The van der Waals surface area contributed by atoms with Gasteiger partial charge in [0.2, 0.25) is 0 Å². The van der Waals surface area contributed by atoms with Gasteiger partial charge in [-0.25, -0.2) is 0 Å². The summed E-state index contributed by atoms with van der Waals surface area (Å²) in [5, 5.41) is 2.58. The number of hydrogen-bond donors (Lipinski definition) is 0. The summed E-state index contributed by atoms with van der Waals surface area (Å²) < 4.78 is 5.19. The summed E-state index contributed by atoms with van der Waals surface area (Å²) in [7, 11) is 1.69. The maximum absolute atomic E-state index is 5.19. The zero-order chi connectivity index (χ0) is 15.4. The van der Waals surface area contributed by atoms with Crippen LogP contribution in [0.2, 0.25) is 0 Å². The van der Waals surface area contributed by atoms with Crippen molar-refractivity contribution in [3.8, 4) is 5.75 Å². The Morgan fingerprint density at radius 3 is 2.36 bits per heavy atom. The molecule has 0 aromatic heterocycles. The Kier molecular flexibility index (Phi) is 4.24. The van der Waals surface area contributed by atoms with Crippen LogP contribution >= 0.6 is 0 Å². The monoisotopic (exact) mass is 288 g/mol. The van der Waals surface area contributed by atoms with Crippen LogP contribution in [-0.4, -0.2) is 7.11 Å². The minimum Gasteiger partial charge on any atom is -0.497 e. The molecule has 3 aromatic carbocycles. The summed E-state index contributed by atoms with van der Waals surface area (Å²) >= 11 is 0. The van der Waals surface area contributed by atoms with E-state index in [1.807, 2.05) is 12.1 Å². The normalized spacial score (nSPS) is 11.6. The van der Waals surface area contributed by atoms with Gasteiger partial charge in [-0.15, -0.1) is 0 Å². The van der Waals surface area contributed by atoms with Gasteiger partial charge in [0.05, 0.1) is 7.11 Å². The summed E-state index contributed by atoms with van der Waals surface area (Å²) in [6.45, 7) is 2.17. The predicted molar refractivity (Wildman–Crippen MR) is 94.3 cm³/mol. The number of fused-ring (bicyclic) bond motifs is 1. The lowest BCUT2D eigenvalue weighted by atomic mass is 10.0. The van der Waals surface area contributed by atoms with E-state index in [2.05, 4.69) is 67.6 Å². The largest absolute Gasteiger partial charge is 0.497 e. The van der Waals surface area contributed by atoms with Crippen LogP contribution < -0.4 is 4.74 Å². The zero-order valence-electron chi connectivity index (χ0n) is 13.0. The Balaban J connectivity index is 1.79. The number of ether oxygens (including phenoxy) is 1. The Labute approximate surface area is 131 Å². The number of benzene rings is 3. The number of hydrogen-bond acceptors (Lipinski definition) is 1. The van der Waals surface area contributed by atoms with Crippen molar-refractivity contribution in [2.45, 2.75) is 13.3 Å².